The van der Waals surface area contributed by atoms with Gasteiger partial charge >= 0.3 is 5.97 Å². The van der Waals surface area contributed by atoms with Gasteiger partial charge in [0.2, 0.25) is 10.0 Å². The van der Waals surface area contributed by atoms with Crippen molar-refractivity contribution < 1.29 is 28.2 Å². The molecule has 0 amide bonds. The molecule has 1 heterocycles. The van der Waals surface area contributed by atoms with E-state index in [1.807, 2.05) is 0 Å². The lowest BCUT2D eigenvalue weighted by Crippen LogP contribution is -2.54. The van der Waals surface area contributed by atoms with E-state index in [1.165, 1.54) is 18.2 Å². The first kappa shape index (κ1) is 15.9. The standard InChI is InChI=1S/C13H17NO6S/c15-9-13(4-6-20-7-5-13)14-21(18,19)11-3-1-2-10(8-11)12(16)17/h1-3,8,14-15H,4-7,9H2,(H,16,17). The number of nitrogens with one attached hydrogen (secondary N) is 1. The van der Waals surface area contributed by atoms with E-state index in [4.69, 9.17) is 9.84 Å². The first-order valence-electron chi connectivity index (χ1n) is 6.44. The van der Waals surface area contributed by atoms with Crippen LogP contribution in [0, 0.1) is 0 Å². The third kappa shape index (κ3) is 3.59. The molecule has 21 heavy (non-hydrogen) atoms. The summed E-state index contributed by atoms with van der Waals surface area (Å²) < 4.78 is 32.4. The number of benzene rings is 1. The maximum absolute atomic E-state index is 12.4. The number of hydrogen-bond acceptors (Lipinski definition) is 5. The average molecular weight is 315 g/mol. The van der Waals surface area contributed by atoms with Gasteiger partial charge in [-0.25, -0.2) is 17.9 Å². The van der Waals surface area contributed by atoms with E-state index >= 15 is 0 Å². The Bertz CT molecular complexity index is 621. The molecule has 0 unspecified atom stereocenters. The van der Waals surface area contributed by atoms with Gasteiger partial charge in [-0.1, -0.05) is 6.07 Å². The molecule has 0 radical (unpaired) electrons. The fourth-order valence-corrected chi connectivity index (χ4v) is 3.69. The van der Waals surface area contributed by atoms with Crippen molar-refractivity contribution in [1.29, 1.82) is 0 Å². The average Bonchev–Trinajstić information content (AvgIpc) is 2.48. The summed E-state index contributed by atoms with van der Waals surface area (Å²) in [5.74, 6) is -1.20. The molecule has 7 nitrogen and oxygen atoms in total. The van der Waals surface area contributed by atoms with E-state index in [-0.39, 0.29) is 17.1 Å². The molecular formula is C13H17NO6S. The van der Waals surface area contributed by atoms with Gasteiger partial charge in [0.25, 0.3) is 0 Å². The van der Waals surface area contributed by atoms with Gasteiger partial charge in [-0.15, -0.1) is 0 Å². The summed E-state index contributed by atoms with van der Waals surface area (Å²) in [6, 6.07) is 5.10. The summed E-state index contributed by atoms with van der Waals surface area (Å²) in [7, 11) is -3.92. The van der Waals surface area contributed by atoms with Gasteiger partial charge in [-0.2, -0.15) is 0 Å². The highest BCUT2D eigenvalue weighted by atomic mass is 32.2. The van der Waals surface area contributed by atoms with Crippen molar-refractivity contribution in [3.05, 3.63) is 29.8 Å². The Kier molecular flexibility index (Phi) is 4.62. The van der Waals surface area contributed by atoms with Crippen LogP contribution in [0.2, 0.25) is 0 Å². The fourth-order valence-electron chi connectivity index (χ4n) is 2.19. The molecule has 0 atom stereocenters. The molecule has 0 bridgehead atoms. The van der Waals surface area contributed by atoms with Crippen molar-refractivity contribution >= 4 is 16.0 Å². The molecule has 1 aromatic rings. The number of aromatic carboxylic acids is 1. The highest BCUT2D eigenvalue weighted by Crippen LogP contribution is 2.23. The van der Waals surface area contributed by atoms with Gasteiger partial charge in [-0.3, -0.25) is 0 Å². The largest absolute Gasteiger partial charge is 0.478 e. The number of aliphatic hydroxyl groups excluding tert-OH is 1. The predicted octanol–water partition coefficient (Wildman–Crippen LogP) is 0.205. The fraction of sp³-hybridized carbons (Fsp3) is 0.462. The van der Waals surface area contributed by atoms with Gasteiger partial charge in [-0.05, 0) is 31.0 Å². The van der Waals surface area contributed by atoms with Gasteiger partial charge < -0.3 is 14.9 Å². The Morgan fingerprint density at radius 1 is 1.33 bits per heavy atom. The molecule has 1 aliphatic heterocycles. The van der Waals surface area contributed by atoms with Crippen LogP contribution < -0.4 is 4.72 Å². The van der Waals surface area contributed by atoms with E-state index in [0.29, 0.717) is 26.1 Å². The molecule has 116 valence electrons. The Morgan fingerprint density at radius 3 is 2.57 bits per heavy atom. The molecule has 1 saturated heterocycles. The molecule has 3 N–H and O–H groups in total. The molecule has 1 aromatic carbocycles. The minimum atomic E-state index is -3.92. The van der Waals surface area contributed by atoms with Crippen LogP contribution in [0.4, 0.5) is 0 Å². The second-order valence-corrected chi connectivity index (χ2v) is 6.67. The Hall–Kier alpha value is -1.48. The summed E-state index contributed by atoms with van der Waals surface area (Å²) in [5, 5.41) is 18.4. The molecule has 0 saturated carbocycles. The van der Waals surface area contributed by atoms with Gasteiger partial charge in [0.1, 0.15) is 0 Å². The van der Waals surface area contributed by atoms with Crippen LogP contribution in [0.5, 0.6) is 0 Å². The molecule has 1 fully saturated rings. The summed E-state index contributed by atoms with van der Waals surface area (Å²) in [6.45, 7) is 0.380. The van der Waals surface area contributed by atoms with E-state index in [2.05, 4.69) is 4.72 Å². The zero-order valence-corrected chi connectivity index (χ0v) is 12.1. The monoisotopic (exact) mass is 315 g/mol. The van der Waals surface area contributed by atoms with Crippen LogP contribution in [0.1, 0.15) is 23.2 Å². The van der Waals surface area contributed by atoms with E-state index in [0.717, 1.165) is 6.07 Å². The second kappa shape index (κ2) is 6.10. The van der Waals surface area contributed by atoms with Crippen molar-refractivity contribution in [3.8, 4) is 0 Å². The number of rotatable bonds is 5. The molecule has 8 heteroatoms. The first-order chi connectivity index (χ1) is 9.88. The Balaban J connectivity index is 2.29. The lowest BCUT2D eigenvalue weighted by molar-refractivity contribution is 0.0223. The number of aliphatic hydroxyl groups is 1. The van der Waals surface area contributed by atoms with Crippen LogP contribution in [-0.2, 0) is 14.8 Å². The minimum Gasteiger partial charge on any atom is -0.478 e. The Labute approximate surface area is 122 Å². The van der Waals surface area contributed by atoms with Crippen molar-refractivity contribution in [2.75, 3.05) is 19.8 Å². The van der Waals surface area contributed by atoms with Crippen molar-refractivity contribution in [2.45, 2.75) is 23.3 Å². The smallest absolute Gasteiger partial charge is 0.335 e. The number of carboxylic acid groups (broad SMARTS) is 1. The minimum absolute atomic E-state index is 0.108. The Morgan fingerprint density at radius 2 is 2.00 bits per heavy atom. The zero-order valence-electron chi connectivity index (χ0n) is 11.3. The molecule has 0 aliphatic carbocycles. The van der Waals surface area contributed by atoms with Crippen molar-refractivity contribution in [3.63, 3.8) is 0 Å². The SMILES string of the molecule is O=C(O)c1cccc(S(=O)(=O)NC2(CO)CCOCC2)c1. The van der Waals surface area contributed by atoms with Crippen molar-refractivity contribution in [2.24, 2.45) is 0 Å². The van der Waals surface area contributed by atoms with Crippen LogP contribution >= 0.6 is 0 Å². The zero-order chi connectivity index (χ0) is 15.5. The summed E-state index contributed by atoms with van der Waals surface area (Å²) in [5.41, 5.74) is -1.07. The third-order valence-electron chi connectivity index (χ3n) is 3.49. The molecular weight excluding hydrogens is 298 g/mol. The summed E-state index contributed by atoms with van der Waals surface area (Å²) in [4.78, 5) is 10.8. The second-order valence-electron chi connectivity index (χ2n) is 4.99. The van der Waals surface area contributed by atoms with Gasteiger partial charge in [0, 0.05) is 13.2 Å². The quantitative estimate of drug-likeness (QED) is 0.715. The number of sulfonamides is 1. The van der Waals surface area contributed by atoms with Crippen LogP contribution in [-0.4, -0.2) is 50.0 Å². The highest BCUT2D eigenvalue weighted by Gasteiger charge is 2.36. The van der Waals surface area contributed by atoms with Crippen molar-refractivity contribution in [1.82, 2.24) is 4.72 Å². The van der Waals surface area contributed by atoms with Gasteiger partial charge in [0.15, 0.2) is 0 Å². The van der Waals surface area contributed by atoms with E-state index < -0.39 is 21.5 Å². The predicted molar refractivity (Wildman–Crippen MR) is 73.6 cm³/mol. The van der Waals surface area contributed by atoms with Crippen LogP contribution in [0.15, 0.2) is 29.2 Å². The normalized spacial score (nSPS) is 18.3. The maximum atomic E-state index is 12.4. The summed E-state index contributed by atoms with van der Waals surface area (Å²) >= 11 is 0. The summed E-state index contributed by atoms with van der Waals surface area (Å²) in [6.07, 6.45) is 0.725. The van der Waals surface area contributed by atoms with E-state index in [1.54, 1.807) is 0 Å². The molecule has 0 spiro atoms. The van der Waals surface area contributed by atoms with Gasteiger partial charge in [0.05, 0.1) is 22.6 Å². The number of carbonyl (C=O) groups is 1. The topological polar surface area (TPSA) is 113 Å². The number of ether oxygens (including phenoxy) is 1. The maximum Gasteiger partial charge on any atom is 0.335 e. The van der Waals surface area contributed by atoms with Crippen LogP contribution in [0.25, 0.3) is 0 Å². The van der Waals surface area contributed by atoms with E-state index in [9.17, 15) is 18.3 Å². The number of hydrogen-bond donors (Lipinski definition) is 3. The third-order valence-corrected chi connectivity index (χ3v) is 5.07. The lowest BCUT2D eigenvalue weighted by Gasteiger charge is -2.35. The number of carboxylic acids is 1. The molecule has 2 rings (SSSR count). The highest BCUT2D eigenvalue weighted by molar-refractivity contribution is 7.89. The first-order valence-corrected chi connectivity index (χ1v) is 7.93. The molecule has 1 aliphatic rings. The van der Waals surface area contributed by atoms with Crippen LogP contribution in [0.3, 0.4) is 0 Å². The molecule has 0 aromatic heterocycles. The lowest BCUT2D eigenvalue weighted by atomic mass is 9.93.